The minimum absolute atomic E-state index is 0.328. The molecule has 0 radical (unpaired) electrons. The number of imidazole rings is 1. The average Bonchev–Trinajstić information content (AvgIpc) is 3.15. The molecule has 0 saturated heterocycles. The Morgan fingerprint density at radius 1 is 1.46 bits per heavy atom. The molecule has 2 rings (SSSR count). The predicted molar refractivity (Wildman–Crippen MR) is 101 cm³/mol. The molecule has 0 aliphatic carbocycles. The van der Waals surface area contributed by atoms with Crippen LogP contribution in [0.5, 0.6) is 0 Å². The smallest absolute Gasteiger partial charge is 0.334 e. The van der Waals surface area contributed by atoms with Gasteiger partial charge >= 0.3 is 5.97 Å². The van der Waals surface area contributed by atoms with Gasteiger partial charge in [0, 0.05) is 18.9 Å². The molecule has 1 unspecified atom stereocenters. The second-order valence-electron chi connectivity index (χ2n) is 6.31. The Bertz CT molecular complexity index is 711. The van der Waals surface area contributed by atoms with Gasteiger partial charge in [0.15, 0.2) is 6.10 Å². The van der Waals surface area contributed by atoms with Gasteiger partial charge in [-0.1, -0.05) is 43.7 Å². The number of nitrogens with two attached hydrogens (primary N) is 1. The number of carbonyl (C=O) groups is 1. The fourth-order valence-electron chi connectivity index (χ4n) is 2.82. The van der Waals surface area contributed by atoms with Crippen LogP contribution in [0.15, 0.2) is 49.1 Å². The van der Waals surface area contributed by atoms with Gasteiger partial charge in [-0.3, -0.25) is 4.84 Å². The summed E-state index contributed by atoms with van der Waals surface area (Å²) in [6.45, 7) is 2.87. The summed E-state index contributed by atoms with van der Waals surface area (Å²) < 4.78 is 2.00. The molecule has 1 heterocycles. The first-order chi connectivity index (χ1) is 12.6. The normalized spacial score (nSPS) is 12.9. The fraction of sp³-hybridized carbons (Fsp3) is 0.400. The summed E-state index contributed by atoms with van der Waals surface area (Å²) in [5.74, 6) is 4.02. The van der Waals surface area contributed by atoms with E-state index in [0.29, 0.717) is 19.4 Å². The number of nitrogens with zero attached hydrogens (tertiary/aromatic N) is 2. The molecule has 3 N–H and O–H groups in total. The third-order valence-corrected chi connectivity index (χ3v) is 4.29. The molecule has 2 aromatic rings. The molecule has 0 bridgehead atoms. The standard InChI is InChI=1S/C20H27N3O3/c1-2-3-6-16-7-4-8-17(13-16)18(14-23-12-11-22-15-23)9-5-10-19(26-21)20(24)25/h4,7-9,11-13,15,19H,2-3,5-6,10,14,21H2,1H3,(H,24,25)/b18-9+. The Hall–Kier alpha value is -2.44. The van der Waals surface area contributed by atoms with Crippen molar-refractivity contribution in [3.8, 4) is 0 Å². The zero-order valence-electron chi connectivity index (χ0n) is 15.2. The van der Waals surface area contributed by atoms with Gasteiger partial charge in [-0.2, -0.15) is 0 Å². The monoisotopic (exact) mass is 357 g/mol. The number of rotatable bonds is 11. The molecule has 1 aromatic heterocycles. The van der Waals surface area contributed by atoms with E-state index < -0.39 is 12.1 Å². The summed E-state index contributed by atoms with van der Waals surface area (Å²) in [6, 6.07) is 8.53. The lowest BCUT2D eigenvalue weighted by Gasteiger charge is -2.12. The van der Waals surface area contributed by atoms with Crippen LogP contribution < -0.4 is 5.90 Å². The summed E-state index contributed by atoms with van der Waals surface area (Å²) in [5.41, 5.74) is 3.59. The minimum Gasteiger partial charge on any atom is -0.479 e. The third kappa shape index (κ3) is 6.13. The van der Waals surface area contributed by atoms with Crippen LogP contribution in [0.25, 0.3) is 5.57 Å². The zero-order valence-corrected chi connectivity index (χ0v) is 15.2. The Kier molecular flexibility index (Phi) is 8.05. The van der Waals surface area contributed by atoms with Crippen LogP contribution in [0.3, 0.4) is 0 Å². The highest BCUT2D eigenvalue weighted by Gasteiger charge is 2.16. The predicted octanol–water partition coefficient (Wildman–Crippen LogP) is 3.43. The molecular formula is C20H27N3O3. The summed E-state index contributed by atoms with van der Waals surface area (Å²) in [5, 5.41) is 9.04. The summed E-state index contributed by atoms with van der Waals surface area (Å²) in [4.78, 5) is 19.7. The van der Waals surface area contributed by atoms with Crippen molar-refractivity contribution in [1.29, 1.82) is 0 Å². The number of unbranched alkanes of at least 4 members (excludes halogenated alkanes) is 1. The van der Waals surface area contributed by atoms with Crippen LogP contribution in [0.1, 0.15) is 43.7 Å². The van der Waals surface area contributed by atoms with E-state index in [9.17, 15) is 4.79 Å². The Morgan fingerprint density at radius 2 is 2.31 bits per heavy atom. The van der Waals surface area contributed by atoms with Crippen molar-refractivity contribution in [3.05, 3.63) is 60.2 Å². The van der Waals surface area contributed by atoms with Crippen LogP contribution in [0.2, 0.25) is 0 Å². The van der Waals surface area contributed by atoms with Gasteiger partial charge < -0.3 is 9.67 Å². The first-order valence-electron chi connectivity index (χ1n) is 8.96. The first kappa shape index (κ1) is 19.9. The van der Waals surface area contributed by atoms with E-state index in [2.05, 4.69) is 47.1 Å². The number of hydrogen-bond donors (Lipinski definition) is 2. The van der Waals surface area contributed by atoms with Gasteiger partial charge in [-0.25, -0.2) is 15.7 Å². The molecule has 0 aliphatic heterocycles. The lowest BCUT2D eigenvalue weighted by molar-refractivity contribution is -0.151. The van der Waals surface area contributed by atoms with Gasteiger partial charge in [-0.15, -0.1) is 0 Å². The molecule has 26 heavy (non-hydrogen) atoms. The highest BCUT2D eigenvalue weighted by atomic mass is 16.6. The van der Waals surface area contributed by atoms with Crippen LogP contribution in [-0.4, -0.2) is 26.7 Å². The molecular weight excluding hydrogens is 330 g/mol. The first-order valence-corrected chi connectivity index (χ1v) is 8.96. The van der Waals surface area contributed by atoms with Gasteiger partial charge in [0.2, 0.25) is 0 Å². The van der Waals surface area contributed by atoms with Crippen LogP contribution in [-0.2, 0) is 22.6 Å². The summed E-state index contributed by atoms with van der Waals surface area (Å²) in [6.07, 6.45) is 10.8. The number of benzene rings is 1. The number of aryl methyl sites for hydroxylation is 1. The molecule has 6 heteroatoms. The fourth-order valence-corrected chi connectivity index (χ4v) is 2.82. The Morgan fingerprint density at radius 3 is 2.96 bits per heavy atom. The summed E-state index contributed by atoms with van der Waals surface area (Å²) in [7, 11) is 0. The molecule has 6 nitrogen and oxygen atoms in total. The highest BCUT2D eigenvalue weighted by Crippen LogP contribution is 2.21. The highest BCUT2D eigenvalue weighted by molar-refractivity contribution is 5.72. The number of aliphatic carboxylic acids is 1. The molecule has 0 amide bonds. The van der Waals surface area contributed by atoms with E-state index in [-0.39, 0.29) is 0 Å². The van der Waals surface area contributed by atoms with Crippen LogP contribution >= 0.6 is 0 Å². The second kappa shape index (κ2) is 10.5. The number of carboxylic acids is 1. The van der Waals surface area contributed by atoms with Crippen molar-refractivity contribution in [3.63, 3.8) is 0 Å². The van der Waals surface area contributed by atoms with E-state index in [0.717, 1.165) is 30.4 Å². The van der Waals surface area contributed by atoms with E-state index in [1.165, 1.54) is 5.56 Å². The molecule has 0 spiro atoms. The van der Waals surface area contributed by atoms with E-state index in [1.54, 1.807) is 12.5 Å². The van der Waals surface area contributed by atoms with Crippen molar-refractivity contribution in [2.75, 3.05) is 0 Å². The molecule has 1 aromatic carbocycles. The van der Waals surface area contributed by atoms with Crippen molar-refractivity contribution >= 4 is 11.5 Å². The molecule has 0 saturated carbocycles. The molecule has 0 fully saturated rings. The minimum atomic E-state index is -1.04. The zero-order chi connectivity index (χ0) is 18.8. The van der Waals surface area contributed by atoms with Gasteiger partial charge in [0.05, 0.1) is 6.33 Å². The summed E-state index contributed by atoms with van der Waals surface area (Å²) >= 11 is 0. The molecule has 0 aliphatic rings. The Balaban J connectivity index is 2.17. The maximum absolute atomic E-state index is 11.0. The maximum Gasteiger partial charge on any atom is 0.334 e. The SMILES string of the molecule is CCCCc1cccc(/C(=C/CCC(ON)C(=O)O)Cn2ccnc2)c1. The number of carboxylic acid groups (broad SMARTS) is 1. The van der Waals surface area contributed by atoms with E-state index in [1.807, 2.05) is 10.8 Å². The van der Waals surface area contributed by atoms with Crippen LogP contribution in [0, 0.1) is 0 Å². The quantitative estimate of drug-likeness (QED) is 0.601. The van der Waals surface area contributed by atoms with Crippen molar-refractivity contribution in [2.24, 2.45) is 5.90 Å². The number of aromatic nitrogens is 2. The third-order valence-electron chi connectivity index (χ3n) is 4.29. The van der Waals surface area contributed by atoms with Gasteiger partial charge in [-0.05, 0) is 42.4 Å². The largest absolute Gasteiger partial charge is 0.479 e. The molecule has 140 valence electrons. The molecule has 1 atom stereocenters. The number of hydrogen-bond acceptors (Lipinski definition) is 4. The second-order valence-corrected chi connectivity index (χ2v) is 6.31. The van der Waals surface area contributed by atoms with Gasteiger partial charge in [0.25, 0.3) is 0 Å². The lowest BCUT2D eigenvalue weighted by Crippen LogP contribution is -2.26. The number of allylic oxidation sites excluding steroid dienone is 2. The Labute approximate surface area is 154 Å². The van der Waals surface area contributed by atoms with Crippen molar-refractivity contribution in [2.45, 2.75) is 51.7 Å². The van der Waals surface area contributed by atoms with E-state index >= 15 is 0 Å². The van der Waals surface area contributed by atoms with Crippen molar-refractivity contribution < 1.29 is 14.7 Å². The van der Waals surface area contributed by atoms with Crippen molar-refractivity contribution in [1.82, 2.24) is 9.55 Å². The van der Waals surface area contributed by atoms with Crippen LogP contribution in [0.4, 0.5) is 0 Å². The maximum atomic E-state index is 11.0. The van der Waals surface area contributed by atoms with E-state index in [4.69, 9.17) is 11.0 Å². The average molecular weight is 357 g/mol. The lowest BCUT2D eigenvalue weighted by atomic mass is 9.99. The van der Waals surface area contributed by atoms with Gasteiger partial charge in [0.1, 0.15) is 0 Å². The topological polar surface area (TPSA) is 90.4 Å².